The first-order chi connectivity index (χ1) is 13.4. The largest absolute Gasteiger partial charge is 0.467 e. The van der Waals surface area contributed by atoms with E-state index in [0.29, 0.717) is 5.76 Å². The van der Waals surface area contributed by atoms with Crippen LogP contribution in [0.1, 0.15) is 21.7 Å². The fraction of sp³-hybridized carbons (Fsp3) is 0.105. The van der Waals surface area contributed by atoms with Crippen molar-refractivity contribution in [2.45, 2.75) is 13.1 Å². The number of furan rings is 1. The molecule has 0 atom stereocenters. The van der Waals surface area contributed by atoms with Gasteiger partial charge >= 0.3 is 0 Å². The summed E-state index contributed by atoms with van der Waals surface area (Å²) in [6.07, 6.45) is 1.44. The molecular formula is C19H13Cl2FN2O4. The molecule has 1 aromatic heterocycles. The summed E-state index contributed by atoms with van der Waals surface area (Å²) < 4.78 is 19.5. The maximum atomic E-state index is 14.2. The van der Waals surface area contributed by atoms with Gasteiger partial charge in [-0.2, -0.15) is 0 Å². The Hall–Kier alpha value is -2.90. The fourth-order valence-corrected chi connectivity index (χ4v) is 3.05. The molecule has 3 aromatic rings. The van der Waals surface area contributed by atoms with Crippen molar-refractivity contribution in [3.8, 4) is 0 Å². The third kappa shape index (κ3) is 4.32. The number of nitrogens with zero attached hydrogens (tertiary/aromatic N) is 2. The summed E-state index contributed by atoms with van der Waals surface area (Å²) in [6.45, 7) is -0.181. The topological polar surface area (TPSA) is 76.6 Å². The van der Waals surface area contributed by atoms with Crippen molar-refractivity contribution < 1.29 is 18.5 Å². The maximum Gasteiger partial charge on any atom is 0.270 e. The Balaban J connectivity index is 2.00. The molecule has 0 spiro atoms. The van der Waals surface area contributed by atoms with Crippen LogP contribution in [0.2, 0.25) is 10.0 Å². The number of carbonyl (C=O) groups is 1. The van der Waals surface area contributed by atoms with Gasteiger partial charge in [0, 0.05) is 22.7 Å². The molecule has 0 unspecified atom stereocenters. The molecule has 0 radical (unpaired) electrons. The predicted molar refractivity (Wildman–Crippen MR) is 102 cm³/mol. The lowest BCUT2D eigenvalue weighted by Crippen LogP contribution is -2.30. The smallest absolute Gasteiger partial charge is 0.270 e. The molecule has 2 aromatic carbocycles. The third-order valence-electron chi connectivity index (χ3n) is 4.02. The highest BCUT2D eigenvalue weighted by Crippen LogP contribution is 2.27. The van der Waals surface area contributed by atoms with E-state index in [1.807, 2.05) is 0 Å². The quantitative estimate of drug-likeness (QED) is 0.389. The maximum absolute atomic E-state index is 14.2. The second-order valence-corrected chi connectivity index (χ2v) is 6.68. The van der Waals surface area contributed by atoms with Crippen LogP contribution in [-0.4, -0.2) is 15.7 Å². The number of nitro benzene ring substituents is 1. The number of halogens is 3. The van der Waals surface area contributed by atoms with Crippen LogP contribution in [0.3, 0.4) is 0 Å². The van der Waals surface area contributed by atoms with Gasteiger partial charge in [0.2, 0.25) is 0 Å². The van der Waals surface area contributed by atoms with E-state index in [1.165, 1.54) is 41.5 Å². The van der Waals surface area contributed by atoms with Gasteiger partial charge in [-0.25, -0.2) is 4.39 Å². The average Bonchev–Trinajstić information content (AvgIpc) is 3.16. The van der Waals surface area contributed by atoms with E-state index in [9.17, 15) is 19.3 Å². The van der Waals surface area contributed by atoms with E-state index >= 15 is 0 Å². The molecular weight excluding hydrogens is 410 g/mol. The van der Waals surface area contributed by atoms with Crippen molar-refractivity contribution >= 4 is 34.8 Å². The first-order valence-electron chi connectivity index (χ1n) is 8.05. The highest BCUT2D eigenvalue weighted by atomic mass is 35.5. The molecule has 0 aliphatic carbocycles. The van der Waals surface area contributed by atoms with Gasteiger partial charge in [0.25, 0.3) is 11.6 Å². The summed E-state index contributed by atoms with van der Waals surface area (Å²) in [4.78, 5) is 24.8. The Morgan fingerprint density at radius 3 is 2.54 bits per heavy atom. The van der Waals surface area contributed by atoms with Crippen LogP contribution in [0.5, 0.6) is 0 Å². The first-order valence-corrected chi connectivity index (χ1v) is 8.81. The number of non-ortho nitro benzene ring substituents is 1. The van der Waals surface area contributed by atoms with E-state index in [1.54, 1.807) is 12.1 Å². The molecule has 0 aliphatic heterocycles. The van der Waals surface area contributed by atoms with E-state index < -0.39 is 16.6 Å². The van der Waals surface area contributed by atoms with Crippen molar-refractivity contribution in [2.24, 2.45) is 0 Å². The normalized spacial score (nSPS) is 10.7. The highest BCUT2D eigenvalue weighted by molar-refractivity contribution is 6.34. The monoisotopic (exact) mass is 422 g/mol. The number of benzene rings is 2. The highest BCUT2D eigenvalue weighted by Gasteiger charge is 2.24. The fourth-order valence-electron chi connectivity index (χ4n) is 2.63. The molecule has 0 saturated heterocycles. The molecule has 9 heteroatoms. The molecule has 0 N–H and O–H groups in total. The number of amides is 1. The Bertz CT molecular complexity index is 1000. The van der Waals surface area contributed by atoms with Crippen molar-refractivity contribution in [3.63, 3.8) is 0 Å². The molecule has 0 fully saturated rings. The molecule has 144 valence electrons. The molecule has 0 saturated carbocycles. The van der Waals surface area contributed by atoms with Gasteiger partial charge in [-0.3, -0.25) is 14.9 Å². The Morgan fingerprint density at radius 1 is 1.11 bits per heavy atom. The summed E-state index contributed by atoms with van der Waals surface area (Å²) in [5.41, 5.74) is -0.241. The van der Waals surface area contributed by atoms with Gasteiger partial charge in [-0.15, -0.1) is 0 Å². The lowest BCUT2D eigenvalue weighted by molar-refractivity contribution is -0.384. The van der Waals surface area contributed by atoms with Gasteiger partial charge < -0.3 is 9.32 Å². The van der Waals surface area contributed by atoms with Crippen molar-refractivity contribution in [3.05, 3.63) is 97.7 Å². The zero-order valence-electron chi connectivity index (χ0n) is 14.3. The van der Waals surface area contributed by atoms with E-state index in [-0.39, 0.29) is 39.9 Å². The van der Waals surface area contributed by atoms with Crippen LogP contribution in [0.15, 0.2) is 59.2 Å². The number of rotatable bonds is 6. The number of hydrogen-bond acceptors (Lipinski definition) is 4. The summed E-state index contributed by atoms with van der Waals surface area (Å²) in [5, 5.41) is 11.2. The predicted octanol–water partition coefficient (Wildman–Crippen LogP) is 5.48. The first kappa shape index (κ1) is 19.9. The molecule has 28 heavy (non-hydrogen) atoms. The van der Waals surface area contributed by atoms with Crippen LogP contribution in [0, 0.1) is 15.9 Å². The van der Waals surface area contributed by atoms with Crippen molar-refractivity contribution in [1.82, 2.24) is 4.90 Å². The lowest BCUT2D eigenvalue weighted by atomic mass is 10.1. The Morgan fingerprint density at radius 2 is 1.89 bits per heavy atom. The van der Waals surface area contributed by atoms with E-state index in [0.717, 1.165) is 6.07 Å². The summed E-state index contributed by atoms with van der Waals surface area (Å²) >= 11 is 12.2. The van der Waals surface area contributed by atoms with Crippen LogP contribution in [0.4, 0.5) is 10.1 Å². The second-order valence-electron chi connectivity index (χ2n) is 5.86. The van der Waals surface area contributed by atoms with Crippen LogP contribution < -0.4 is 0 Å². The SMILES string of the molecule is O=C(c1cc([N+](=O)[O-])ccc1Cl)N(Cc1ccco1)Cc1c(F)cccc1Cl. The van der Waals surface area contributed by atoms with Gasteiger partial charge in [-0.05, 0) is 30.3 Å². The van der Waals surface area contributed by atoms with Gasteiger partial charge in [0.05, 0.1) is 34.9 Å². The summed E-state index contributed by atoms with van der Waals surface area (Å²) in [6, 6.07) is 11.1. The Kier molecular flexibility index (Phi) is 5.96. The van der Waals surface area contributed by atoms with Crippen LogP contribution in [-0.2, 0) is 13.1 Å². The molecule has 3 rings (SSSR count). The average molecular weight is 423 g/mol. The van der Waals surface area contributed by atoms with Crippen molar-refractivity contribution in [2.75, 3.05) is 0 Å². The van der Waals surface area contributed by atoms with Gasteiger partial charge in [0.15, 0.2) is 0 Å². The standard InChI is InChI=1S/C19H13Cl2FN2O4/c20-16-4-1-5-18(22)15(16)11-23(10-13-3-2-8-28-13)19(25)14-9-12(24(26)27)6-7-17(14)21/h1-9H,10-11H2. The zero-order valence-corrected chi connectivity index (χ0v) is 15.8. The Labute approximate surface area is 169 Å². The van der Waals surface area contributed by atoms with Crippen molar-refractivity contribution in [1.29, 1.82) is 0 Å². The second kappa shape index (κ2) is 8.41. The third-order valence-corrected chi connectivity index (χ3v) is 4.70. The molecule has 0 aliphatic rings. The number of hydrogen-bond donors (Lipinski definition) is 0. The van der Waals surface area contributed by atoms with E-state index in [4.69, 9.17) is 27.6 Å². The molecule has 1 amide bonds. The molecule has 0 bridgehead atoms. The summed E-state index contributed by atoms with van der Waals surface area (Å²) in [5.74, 6) is -0.748. The number of nitro groups is 1. The minimum atomic E-state index is -0.627. The van der Waals surface area contributed by atoms with Gasteiger partial charge in [-0.1, -0.05) is 29.3 Å². The lowest BCUT2D eigenvalue weighted by Gasteiger charge is -2.23. The summed E-state index contributed by atoms with van der Waals surface area (Å²) in [7, 11) is 0. The number of carbonyl (C=O) groups excluding carboxylic acids is 1. The minimum Gasteiger partial charge on any atom is -0.467 e. The van der Waals surface area contributed by atoms with Crippen LogP contribution in [0.25, 0.3) is 0 Å². The van der Waals surface area contributed by atoms with Crippen LogP contribution >= 0.6 is 23.2 Å². The van der Waals surface area contributed by atoms with Gasteiger partial charge in [0.1, 0.15) is 11.6 Å². The van der Waals surface area contributed by atoms with E-state index in [2.05, 4.69) is 0 Å². The zero-order chi connectivity index (χ0) is 20.3. The minimum absolute atomic E-state index is 0.00445. The molecule has 1 heterocycles. The molecule has 6 nitrogen and oxygen atoms in total.